The highest BCUT2D eigenvalue weighted by Crippen LogP contribution is 2.28. The summed E-state index contributed by atoms with van der Waals surface area (Å²) < 4.78 is 4.59. The molecule has 0 fully saturated rings. The van der Waals surface area contributed by atoms with Gasteiger partial charge < -0.3 is 4.74 Å². The van der Waals surface area contributed by atoms with Crippen LogP contribution in [0.25, 0.3) is 0 Å². The predicted octanol–water partition coefficient (Wildman–Crippen LogP) is 2.21. The SMILES string of the molecule is COC(=O)c1cccc(C#N)c1C(Cl)C(C)=O. The van der Waals surface area contributed by atoms with Crippen molar-refractivity contribution in [1.29, 1.82) is 5.26 Å². The maximum Gasteiger partial charge on any atom is 0.338 e. The van der Waals surface area contributed by atoms with Gasteiger partial charge in [-0.25, -0.2) is 4.79 Å². The number of Topliss-reactive ketones (excluding diaryl/α,β-unsaturated/α-hetero) is 1. The third kappa shape index (κ3) is 2.63. The maximum atomic E-state index is 11.5. The van der Waals surface area contributed by atoms with Crippen LogP contribution >= 0.6 is 11.6 Å². The molecular formula is C12H10ClNO3. The van der Waals surface area contributed by atoms with E-state index in [9.17, 15) is 9.59 Å². The zero-order chi connectivity index (χ0) is 13.0. The van der Waals surface area contributed by atoms with E-state index >= 15 is 0 Å². The molecular weight excluding hydrogens is 242 g/mol. The molecule has 0 bridgehead atoms. The third-order valence-corrected chi connectivity index (χ3v) is 2.77. The first kappa shape index (κ1) is 13.2. The Morgan fingerprint density at radius 1 is 1.47 bits per heavy atom. The largest absolute Gasteiger partial charge is 0.465 e. The lowest BCUT2D eigenvalue weighted by Gasteiger charge is -2.12. The van der Waals surface area contributed by atoms with Crippen molar-refractivity contribution in [3.05, 3.63) is 34.9 Å². The molecule has 0 aliphatic carbocycles. The van der Waals surface area contributed by atoms with Crippen molar-refractivity contribution in [3.8, 4) is 6.07 Å². The smallest absolute Gasteiger partial charge is 0.338 e. The van der Waals surface area contributed by atoms with Crippen LogP contribution in [0.15, 0.2) is 18.2 Å². The van der Waals surface area contributed by atoms with E-state index in [4.69, 9.17) is 16.9 Å². The van der Waals surface area contributed by atoms with Gasteiger partial charge in [-0.1, -0.05) is 6.07 Å². The molecule has 1 atom stereocenters. The second-order valence-corrected chi connectivity index (χ2v) is 3.78. The minimum absolute atomic E-state index is 0.141. The molecule has 0 amide bonds. The fourth-order valence-corrected chi connectivity index (χ4v) is 1.66. The molecule has 4 nitrogen and oxygen atoms in total. The molecule has 0 aliphatic heterocycles. The van der Waals surface area contributed by atoms with E-state index in [1.807, 2.05) is 6.07 Å². The van der Waals surface area contributed by atoms with Gasteiger partial charge in [-0.15, -0.1) is 11.6 Å². The average molecular weight is 252 g/mol. The Morgan fingerprint density at radius 2 is 2.12 bits per heavy atom. The van der Waals surface area contributed by atoms with Crippen LogP contribution in [-0.4, -0.2) is 18.9 Å². The second kappa shape index (κ2) is 5.46. The van der Waals surface area contributed by atoms with E-state index in [0.717, 1.165) is 0 Å². The first-order chi connectivity index (χ1) is 8.02. The van der Waals surface area contributed by atoms with Crippen LogP contribution in [0, 0.1) is 11.3 Å². The van der Waals surface area contributed by atoms with E-state index < -0.39 is 11.3 Å². The van der Waals surface area contributed by atoms with E-state index in [-0.39, 0.29) is 22.5 Å². The number of benzene rings is 1. The van der Waals surface area contributed by atoms with Crippen molar-refractivity contribution < 1.29 is 14.3 Å². The summed E-state index contributed by atoms with van der Waals surface area (Å²) >= 11 is 5.92. The number of rotatable bonds is 3. The van der Waals surface area contributed by atoms with Crippen LogP contribution in [0.2, 0.25) is 0 Å². The van der Waals surface area contributed by atoms with Crippen molar-refractivity contribution in [1.82, 2.24) is 0 Å². The summed E-state index contributed by atoms with van der Waals surface area (Å²) in [4.78, 5) is 22.8. The van der Waals surface area contributed by atoms with Crippen molar-refractivity contribution in [2.45, 2.75) is 12.3 Å². The number of ketones is 1. The van der Waals surface area contributed by atoms with Crippen LogP contribution in [-0.2, 0) is 9.53 Å². The van der Waals surface area contributed by atoms with Gasteiger partial charge in [-0.05, 0) is 19.1 Å². The highest BCUT2D eigenvalue weighted by atomic mass is 35.5. The molecule has 0 saturated carbocycles. The zero-order valence-electron chi connectivity index (χ0n) is 9.36. The molecule has 1 rings (SSSR count). The molecule has 0 aromatic heterocycles. The first-order valence-corrected chi connectivity index (χ1v) is 5.22. The van der Waals surface area contributed by atoms with Crippen molar-refractivity contribution in [2.75, 3.05) is 7.11 Å². The molecule has 5 heteroatoms. The molecule has 0 radical (unpaired) electrons. The fourth-order valence-electron chi connectivity index (χ4n) is 1.43. The molecule has 0 spiro atoms. The summed E-state index contributed by atoms with van der Waals surface area (Å²) in [5.74, 6) is -0.955. The zero-order valence-corrected chi connectivity index (χ0v) is 10.1. The standard InChI is InChI=1S/C12H10ClNO3/c1-7(15)11(13)10-8(6-14)4-3-5-9(10)12(16)17-2/h3-5,11H,1-2H3. The summed E-state index contributed by atoms with van der Waals surface area (Å²) in [6.07, 6.45) is 0. The monoisotopic (exact) mass is 251 g/mol. The van der Waals surface area contributed by atoms with Gasteiger partial charge in [0.15, 0.2) is 5.78 Å². The number of hydrogen-bond acceptors (Lipinski definition) is 4. The number of esters is 1. The quantitative estimate of drug-likeness (QED) is 0.610. The minimum Gasteiger partial charge on any atom is -0.465 e. The molecule has 88 valence electrons. The maximum absolute atomic E-state index is 11.5. The summed E-state index contributed by atoms with van der Waals surface area (Å²) in [5, 5.41) is 7.93. The Morgan fingerprint density at radius 3 is 2.59 bits per heavy atom. The Bertz CT molecular complexity index is 505. The Hall–Kier alpha value is -1.86. The van der Waals surface area contributed by atoms with E-state index in [2.05, 4.69) is 4.74 Å². The number of carbonyl (C=O) groups excluding carboxylic acids is 2. The van der Waals surface area contributed by atoms with Crippen LogP contribution in [0.5, 0.6) is 0 Å². The number of nitriles is 1. The number of nitrogens with zero attached hydrogens (tertiary/aromatic N) is 1. The number of methoxy groups -OCH3 is 1. The normalized spacial score (nSPS) is 11.4. The van der Waals surface area contributed by atoms with Crippen LogP contribution in [0.1, 0.15) is 33.8 Å². The highest BCUT2D eigenvalue weighted by Gasteiger charge is 2.24. The Labute approximate surface area is 104 Å². The lowest BCUT2D eigenvalue weighted by atomic mass is 9.97. The van der Waals surface area contributed by atoms with Crippen LogP contribution < -0.4 is 0 Å². The Kier molecular flexibility index (Phi) is 4.24. The predicted molar refractivity (Wildman–Crippen MR) is 61.8 cm³/mol. The number of halogens is 1. The number of alkyl halides is 1. The molecule has 0 saturated heterocycles. The molecule has 17 heavy (non-hydrogen) atoms. The number of ether oxygens (including phenoxy) is 1. The molecule has 1 aromatic carbocycles. The van der Waals surface area contributed by atoms with Gasteiger partial charge in [0.25, 0.3) is 0 Å². The van der Waals surface area contributed by atoms with E-state index in [1.165, 1.54) is 32.2 Å². The molecule has 0 heterocycles. The van der Waals surface area contributed by atoms with Gasteiger partial charge in [0, 0.05) is 5.56 Å². The molecule has 1 aromatic rings. The number of carbonyl (C=O) groups is 2. The van der Waals surface area contributed by atoms with Gasteiger partial charge in [-0.3, -0.25) is 4.79 Å². The highest BCUT2D eigenvalue weighted by molar-refractivity contribution is 6.31. The number of hydrogen-bond donors (Lipinski definition) is 0. The minimum atomic E-state index is -1.03. The average Bonchev–Trinajstić information content (AvgIpc) is 2.35. The van der Waals surface area contributed by atoms with Crippen LogP contribution in [0.4, 0.5) is 0 Å². The third-order valence-electron chi connectivity index (χ3n) is 2.24. The summed E-state index contributed by atoms with van der Waals surface area (Å²) in [6, 6.07) is 6.42. The second-order valence-electron chi connectivity index (χ2n) is 3.34. The lowest BCUT2D eigenvalue weighted by molar-refractivity contribution is -0.116. The summed E-state index contributed by atoms with van der Waals surface area (Å²) in [6.45, 7) is 1.30. The lowest BCUT2D eigenvalue weighted by Crippen LogP contribution is -2.12. The van der Waals surface area contributed by atoms with Crippen molar-refractivity contribution in [2.24, 2.45) is 0 Å². The summed E-state index contributed by atoms with van der Waals surface area (Å²) in [7, 11) is 1.22. The van der Waals surface area contributed by atoms with Gasteiger partial charge in [0.2, 0.25) is 0 Å². The van der Waals surface area contributed by atoms with Gasteiger partial charge in [0.1, 0.15) is 5.38 Å². The van der Waals surface area contributed by atoms with Crippen molar-refractivity contribution in [3.63, 3.8) is 0 Å². The fraction of sp³-hybridized carbons (Fsp3) is 0.250. The topological polar surface area (TPSA) is 67.2 Å². The van der Waals surface area contributed by atoms with E-state index in [1.54, 1.807) is 0 Å². The van der Waals surface area contributed by atoms with Gasteiger partial charge >= 0.3 is 5.97 Å². The summed E-state index contributed by atoms with van der Waals surface area (Å²) in [5.41, 5.74) is 0.542. The Balaban J connectivity index is 3.47. The first-order valence-electron chi connectivity index (χ1n) is 4.78. The van der Waals surface area contributed by atoms with Gasteiger partial charge in [-0.2, -0.15) is 5.26 Å². The molecule has 1 unspecified atom stereocenters. The molecule has 0 N–H and O–H groups in total. The van der Waals surface area contributed by atoms with Crippen molar-refractivity contribution >= 4 is 23.4 Å². The molecule has 0 aliphatic rings. The van der Waals surface area contributed by atoms with Crippen LogP contribution in [0.3, 0.4) is 0 Å². The van der Waals surface area contributed by atoms with E-state index in [0.29, 0.717) is 0 Å². The van der Waals surface area contributed by atoms with Gasteiger partial charge in [0.05, 0.1) is 24.3 Å².